The normalized spacial score (nSPS) is 12.1. The van der Waals surface area contributed by atoms with Crippen LogP contribution >= 0.6 is 0 Å². The van der Waals surface area contributed by atoms with E-state index in [4.69, 9.17) is 0 Å². The lowest BCUT2D eigenvalue weighted by atomic mass is 10.4. The van der Waals surface area contributed by atoms with Crippen LogP contribution in [0.15, 0.2) is 12.2 Å². The quantitative estimate of drug-likeness (QED) is 0.388. The van der Waals surface area contributed by atoms with Gasteiger partial charge in [-0.05, 0) is 6.92 Å². The third kappa shape index (κ3) is 7.31. The van der Waals surface area contributed by atoms with Crippen molar-refractivity contribution in [1.82, 2.24) is 4.13 Å². The molecule has 0 fully saturated rings. The fourth-order valence-corrected chi connectivity index (χ4v) is 2.41. The Labute approximate surface area is 92.7 Å². The zero-order chi connectivity index (χ0) is 13.0. The molecule has 16 heavy (non-hydrogen) atoms. The number of sulfonamides is 1. The molecule has 94 valence electrons. The van der Waals surface area contributed by atoms with E-state index in [-0.39, 0.29) is 5.57 Å². The zero-order valence-electron chi connectivity index (χ0n) is 8.27. The van der Waals surface area contributed by atoms with Crippen molar-refractivity contribution in [1.29, 1.82) is 0 Å². The summed E-state index contributed by atoms with van der Waals surface area (Å²) in [5.41, 5.74) is 0.0588. The zero-order valence-corrected chi connectivity index (χ0v) is 9.90. The van der Waals surface area contributed by atoms with Crippen molar-refractivity contribution >= 4 is 26.4 Å². The number of hydrogen-bond acceptors (Lipinski definition) is 6. The molecule has 0 aromatic carbocycles. The Kier molecular flexibility index (Phi) is 5.03. The summed E-state index contributed by atoms with van der Waals surface area (Å²) < 4.78 is 58.8. The number of carbonyl (C=O) groups excluding carboxylic acids is 1. The van der Waals surface area contributed by atoms with Gasteiger partial charge in [-0.25, -0.2) is 13.2 Å². The van der Waals surface area contributed by atoms with Crippen LogP contribution in [-0.2, 0) is 30.0 Å². The third-order valence-corrected chi connectivity index (χ3v) is 3.68. The molecule has 0 amide bonds. The molecule has 10 heteroatoms. The van der Waals surface area contributed by atoms with Gasteiger partial charge in [-0.2, -0.15) is 8.42 Å². The van der Waals surface area contributed by atoms with Crippen LogP contribution in [-0.4, -0.2) is 35.2 Å². The average Bonchev–Trinajstić information content (AvgIpc) is 1.98. The third-order valence-electron chi connectivity index (χ3n) is 1.16. The van der Waals surface area contributed by atoms with E-state index in [9.17, 15) is 25.5 Å². The summed E-state index contributed by atoms with van der Waals surface area (Å²) in [5, 5.41) is 0. The summed E-state index contributed by atoms with van der Waals surface area (Å²) in [6, 6.07) is 0. The molecule has 7 nitrogen and oxygen atoms in total. The molecule has 0 aliphatic carbocycles. The molecule has 0 atom stereocenters. The number of esters is 1. The predicted molar refractivity (Wildman–Crippen MR) is 52.7 cm³/mol. The van der Waals surface area contributed by atoms with E-state index in [1.54, 1.807) is 0 Å². The van der Waals surface area contributed by atoms with Crippen molar-refractivity contribution in [3.63, 3.8) is 0 Å². The van der Waals surface area contributed by atoms with Gasteiger partial charge in [0.15, 0.2) is 0 Å². The molecular formula is C6H10FNO6S2. The molecule has 0 aromatic heterocycles. The summed E-state index contributed by atoms with van der Waals surface area (Å²) in [7, 11) is -9.73. The van der Waals surface area contributed by atoms with Gasteiger partial charge >= 0.3 is 16.4 Å². The lowest BCUT2D eigenvalue weighted by Gasteiger charge is -2.04. The standard InChI is InChI=1S/C6H10FNO6S2/c1-5(2)6(9)14-3-4-15(10,11)8-16(7,12)13/h8H,1,3-4H2,2H3. The Morgan fingerprint density at radius 1 is 1.38 bits per heavy atom. The molecule has 0 unspecified atom stereocenters. The second-order valence-electron chi connectivity index (χ2n) is 2.76. The number of halogens is 1. The Morgan fingerprint density at radius 2 is 1.88 bits per heavy atom. The lowest BCUT2D eigenvalue weighted by Crippen LogP contribution is -2.31. The van der Waals surface area contributed by atoms with Crippen LogP contribution in [0, 0.1) is 0 Å². The van der Waals surface area contributed by atoms with Crippen LogP contribution in [0.25, 0.3) is 0 Å². The topological polar surface area (TPSA) is 107 Å². The van der Waals surface area contributed by atoms with Crippen molar-refractivity contribution in [3.05, 3.63) is 12.2 Å². The fraction of sp³-hybridized carbons (Fsp3) is 0.500. The minimum atomic E-state index is -5.34. The van der Waals surface area contributed by atoms with Gasteiger partial charge in [-0.1, -0.05) is 14.6 Å². The molecular weight excluding hydrogens is 265 g/mol. The summed E-state index contributed by atoms with van der Waals surface area (Å²) in [6.07, 6.45) is 0. The highest BCUT2D eigenvalue weighted by atomic mass is 32.3. The first-order chi connectivity index (χ1) is 7.03. The second kappa shape index (κ2) is 5.37. The molecule has 0 aliphatic rings. The summed E-state index contributed by atoms with van der Waals surface area (Å²) in [5.74, 6) is -1.69. The lowest BCUT2D eigenvalue weighted by molar-refractivity contribution is -0.138. The molecule has 0 radical (unpaired) electrons. The summed E-state index contributed by atoms with van der Waals surface area (Å²) in [6.45, 7) is 3.98. The van der Waals surface area contributed by atoms with Gasteiger partial charge in [0.25, 0.3) is 0 Å². The molecule has 0 spiro atoms. The molecule has 0 aromatic rings. The first-order valence-electron chi connectivity index (χ1n) is 3.82. The van der Waals surface area contributed by atoms with Crippen molar-refractivity contribution in [3.8, 4) is 0 Å². The van der Waals surface area contributed by atoms with Crippen LogP contribution in [0.2, 0.25) is 0 Å². The number of ether oxygens (including phenoxy) is 1. The van der Waals surface area contributed by atoms with Gasteiger partial charge in [0.2, 0.25) is 10.0 Å². The van der Waals surface area contributed by atoms with Crippen molar-refractivity contribution < 1.29 is 30.3 Å². The number of nitrogens with one attached hydrogen (secondary N) is 1. The largest absolute Gasteiger partial charge is 0.461 e. The van der Waals surface area contributed by atoms with Crippen molar-refractivity contribution in [2.75, 3.05) is 12.4 Å². The minimum absolute atomic E-state index is 0.0588. The van der Waals surface area contributed by atoms with Gasteiger partial charge in [0, 0.05) is 5.57 Å². The van der Waals surface area contributed by atoms with Crippen LogP contribution in [0.1, 0.15) is 6.92 Å². The molecule has 0 aliphatic heterocycles. The summed E-state index contributed by atoms with van der Waals surface area (Å²) in [4.78, 5) is 10.8. The van der Waals surface area contributed by atoms with Crippen LogP contribution in [0.5, 0.6) is 0 Å². The van der Waals surface area contributed by atoms with Gasteiger partial charge in [0.05, 0.1) is 5.75 Å². The monoisotopic (exact) mass is 275 g/mol. The first kappa shape index (κ1) is 15.0. The first-order valence-corrected chi connectivity index (χ1v) is 6.85. The SMILES string of the molecule is C=C(C)C(=O)OCCS(=O)(=O)NS(=O)(=O)F. The maximum absolute atomic E-state index is 12.0. The van der Waals surface area contributed by atoms with E-state index < -0.39 is 38.8 Å². The average molecular weight is 275 g/mol. The highest BCUT2D eigenvalue weighted by molar-refractivity contribution is 8.02. The van der Waals surface area contributed by atoms with Crippen LogP contribution in [0.3, 0.4) is 0 Å². The van der Waals surface area contributed by atoms with Crippen LogP contribution in [0.4, 0.5) is 3.89 Å². The highest BCUT2D eigenvalue weighted by Gasteiger charge is 2.19. The highest BCUT2D eigenvalue weighted by Crippen LogP contribution is 1.95. The summed E-state index contributed by atoms with van der Waals surface area (Å²) >= 11 is 0. The van der Waals surface area contributed by atoms with Gasteiger partial charge in [0.1, 0.15) is 6.61 Å². The maximum Gasteiger partial charge on any atom is 0.385 e. The predicted octanol–water partition coefficient (Wildman–Crippen LogP) is -0.761. The van der Waals surface area contributed by atoms with Gasteiger partial charge in [-0.15, -0.1) is 0 Å². The maximum atomic E-state index is 12.0. The molecule has 0 saturated carbocycles. The second-order valence-corrected chi connectivity index (χ2v) is 5.94. The van der Waals surface area contributed by atoms with E-state index in [1.165, 1.54) is 6.92 Å². The Balaban J connectivity index is 4.22. The Bertz CT molecular complexity index is 479. The van der Waals surface area contributed by atoms with Gasteiger partial charge in [-0.3, -0.25) is 0 Å². The number of hydrogen-bond donors (Lipinski definition) is 1. The number of rotatable bonds is 6. The molecule has 1 N–H and O–H groups in total. The molecule has 0 bridgehead atoms. The number of carbonyl (C=O) groups is 1. The van der Waals surface area contributed by atoms with E-state index in [1.807, 2.05) is 0 Å². The fourth-order valence-electron chi connectivity index (χ4n) is 0.561. The van der Waals surface area contributed by atoms with Gasteiger partial charge < -0.3 is 4.74 Å². The van der Waals surface area contributed by atoms with E-state index >= 15 is 0 Å². The van der Waals surface area contributed by atoms with E-state index in [0.717, 1.165) is 4.13 Å². The van der Waals surface area contributed by atoms with Crippen molar-refractivity contribution in [2.24, 2.45) is 0 Å². The van der Waals surface area contributed by atoms with Crippen molar-refractivity contribution in [2.45, 2.75) is 6.92 Å². The minimum Gasteiger partial charge on any atom is -0.461 e. The Hall–Kier alpha value is -1.00. The molecule has 0 rings (SSSR count). The smallest absolute Gasteiger partial charge is 0.385 e. The molecule has 0 saturated heterocycles. The van der Waals surface area contributed by atoms with Crippen LogP contribution < -0.4 is 4.13 Å². The van der Waals surface area contributed by atoms with E-state index in [2.05, 4.69) is 11.3 Å². The van der Waals surface area contributed by atoms with E-state index in [0.29, 0.717) is 0 Å². The Morgan fingerprint density at radius 3 is 2.25 bits per heavy atom. The molecule has 0 heterocycles.